The van der Waals surface area contributed by atoms with Gasteiger partial charge in [0, 0.05) is 11.1 Å². The first-order chi connectivity index (χ1) is 11.6. The van der Waals surface area contributed by atoms with Crippen molar-refractivity contribution in [3.63, 3.8) is 0 Å². The normalized spacial score (nSPS) is 11.3. The van der Waals surface area contributed by atoms with E-state index in [0.717, 1.165) is 11.1 Å². The van der Waals surface area contributed by atoms with Crippen molar-refractivity contribution in [1.29, 1.82) is 0 Å². The van der Waals surface area contributed by atoms with E-state index >= 15 is 0 Å². The van der Waals surface area contributed by atoms with Crippen LogP contribution >= 0.6 is 12.2 Å². The lowest BCUT2D eigenvalue weighted by Gasteiger charge is -2.07. The van der Waals surface area contributed by atoms with Crippen LogP contribution in [0.5, 0.6) is 0 Å². The van der Waals surface area contributed by atoms with Gasteiger partial charge in [-0.25, -0.2) is 4.79 Å². The summed E-state index contributed by atoms with van der Waals surface area (Å²) in [6.07, 6.45) is 0. The summed E-state index contributed by atoms with van der Waals surface area (Å²) in [6.45, 7) is 1.72. The zero-order valence-corrected chi connectivity index (χ0v) is 13.8. The monoisotopic (exact) mass is 337 g/mol. The number of nitrogens with one attached hydrogen (secondary N) is 2. The predicted octanol–water partition coefficient (Wildman–Crippen LogP) is 3.50. The van der Waals surface area contributed by atoms with Gasteiger partial charge in [-0.1, -0.05) is 36.4 Å². The SMILES string of the molecule is C/C(=N\NC(=S)Nc1ccccc1)c1cc2ccccc2oc1=O. The Kier molecular flexibility index (Phi) is 4.67. The van der Waals surface area contributed by atoms with Crippen LogP contribution in [0.1, 0.15) is 12.5 Å². The second kappa shape index (κ2) is 7.06. The highest BCUT2D eigenvalue weighted by molar-refractivity contribution is 7.80. The fourth-order valence-corrected chi connectivity index (χ4v) is 2.35. The minimum atomic E-state index is -0.432. The maximum Gasteiger partial charge on any atom is 0.345 e. The van der Waals surface area contributed by atoms with Crippen molar-refractivity contribution in [3.8, 4) is 0 Å². The van der Waals surface area contributed by atoms with Crippen LogP contribution in [-0.4, -0.2) is 10.8 Å². The lowest BCUT2D eigenvalue weighted by molar-refractivity contribution is 0.559. The maximum atomic E-state index is 12.1. The number of thiocarbonyl (C=S) groups is 1. The molecule has 3 aromatic rings. The van der Waals surface area contributed by atoms with E-state index < -0.39 is 5.63 Å². The van der Waals surface area contributed by atoms with Crippen molar-refractivity contribution in [2.45, 2.75) is 6.92 Å². The minimum Gasteiger partial charge on any atom is -0.422 e. The molecule has 0 saturated heterocycles. The molecular formula is C18H15N3O2S. The summed E-state index contributed by atoms with van der Waals surface area (Å²) in [5, 5.41) is 8.34. The van der Waals surface area contributed by atoms with Crippen molar-refractivity contribution < 1.29 is 4.42 Å². The highest BCUT2D eigenvalue weighted by Gasteiger charge is 2.08. The number of hydrogen-bond donors (Lipinski definition) is 2. The second-order valence-corrected chi connectivity index (χ2v) is 5.52. The van der Waals surface area contributed by atoms with E-state index in [-0.39, 0.29) is 0 Å². The van der Waals surface area contributed by atoms with E-state index in [0.29, 0.717) is 22.0 Å². The molecule has 0 bridgehead atoms. The van der Waals surface area contributed by atoms with E-state index in [4.69, 9.17) is 16.6 Å². The quantitative estimate of drug-likeness (QED) is 0.331. The number of rotatable bonds is 3. The molecule has 1 heterocycles. The average molecular weight is 337 g/mol. The Balaban J connectivity index is 1.77. The number of hydrazone groups is 1. The molecule has 0 atom stereocenters. The fraction of sp³-hybridized carbons (Fsp3) is 0.0556. The summed E-state index contributed by atoms with van der Waals surface area (Å²) in [7, 11) is 0. The Morgan fingerprint density at radius 3 is 2.58 bits per heavy atom. The van der Waals surface area contributed by atoms with Gasteiger partial charge in [-0.3, -0.25) is 5.43 Å². The summed E-state index contributed by atoms with van der Waals surface area (Å²) in [5.74, 6) is 0. The van der Waals surface area contributed by atoms with E-state index in [2.05, 4.69) is 15.8 Å². The van der Waals surface area contributed by atoms with E-state index in [1.165, 1.54) is 0 Å². The zero-order valence-electron chi connectivity index (χ0n) is 12.9. The van der Waals surface area contributed by atoms with Crippen LogP contribution in [0, 0.1) is 0 Å². The molecule has 1 aromatic heterocycles. The van der Waals surface area contributed by atoms with Crippen LogP contribution in [0.15, 0.2) is 75.0 Å². The van der Waals surface area contributed by atoms with Crippen molar-refractivity contribution in [1.82, 2.24) is 5.43 Å². The summed E-state index contributed by atoms with van der Waals surface area (Å²) in [5.41, 5.74) is 4.59. The van der Waals surface area contributed by atoms with Crippen molar-refractivity contribution >= 4 is 39.7 Å². The fourth-order valence-electron chi connectivity index (χ4n) is 2.19. The molecule has 0 radical (unpaired) electrons. The topological polar surface area (TPSA) is 66.6 Å². The molecule has 0 fully saturated rings. The molecule has 24 heavy (non-hydrogen) atoms. The first-order valence-electron chi connectivity index (χ1n) is 7.33. The number of anilines is 1. The highest BCUT2D eigenvalue weighted by Crippen LogP contribution is 2.13. The molecule has 2 N–H and O–H groups in total. The Hall–Kier alpha value is -2.99. The maximum absolute atomic E-state index is 12.1. The molecule has 0 spiro atoms. The molecule has 5 nitrogen and oxygen atoms in total. The van der Waals surface area contributed by atoms with Gasteiger partial charge >= 0.3 is 5.63 Å². The van der Waals surface area contributed by atoms with Gasteiger partial charge in [-0.2, -0.15) is 5.10 Å². The third-order valence-electron chi connectivity index (χ3n) is 3.39. The van der Waals surface area contributed by atoms with E-state index in [9.17, 15) is 4.79 Å². The van der Waals surface area contributed by atoms with Crippen LogP contribution in [0.2, 0.25) is 0 Å². The molecule has 0 aliphatic heterocycles. The van der Waals surface area contributed by atoms with Crippen LogP contribution in [-0.2, 0) is 0 Å². The van der Waals surface area contributed by atoms with E-state index in [1.807, 2.05) is 48.5 Å². The van der Waals surface area contributed by atoms with Gasteiger partial charge in [0.1, 0.15) is 5.58 Å². The minimum absolute atomic E-state index is 0.339. The zero-order chi connectivity index (χ0) is 16.9. The number of benzene rings is 2. The first-order valence-corrected chi connectivity index (χ1v) is 7.74. The molecule has 0 aliphatic rings. The van der Waals surface area contributed by atoms with Crippen LogP contribution < -0.4 is 16.4 Å². The third kappa shape index (κ3) is 3.67. The molecule has 0 aliphatic carbocycles. The summed E-state index contributed by atoms with van der Waals surface area (Å²) in [6, 6.07) is 18.6. The lowest BCUT2D eigenvalue weighted by atomic mass is 10.1. The molecule has 6 heteroatoms. The number of nitrogens with zero attached hydrogens (tertiary/aromatic N) is 1. The summed E-state index contributed by atoms with van der Waals surface area (Å²) < 4.78 is 5.30. The Bertz CT molecular complexity index is 965. The van der Waals surface area contributed by atoms with Gasteiger partial charge in [0.2, 0.25) is 0 Å². The largest absolute Gasteiger partial charge is 0.422 e. The molecule has 120 valence electrons. The Morgan fingerprint density at radius 1 is 1.08 bits per heavy atom. The van der Waals surface area contributed by atoms with Gasteiger partial charge < -0.3 is 9.73 Å². The molecule has 3 rings (SSSR count). The van der Waals surface area contributed by atoms with Crippen LogP contribution in [0.4, 0.5) is 5.69 Å². The van der Waals surface area contributed by atoms with Gasteiger partial charge in [0.15, 0.2) is 5.11 Å². The lowest BCUT2D eigenvalue weighted by Crippen LogP contribution is -2.25. The van der Waals surface area contributed by atoms with Gasteiger partial charge in [0.05, 0.1) is 11.3 Å². The van der Waals surface area contributed by atoms with Crippen molar-refractivity contribution in [2.75, 3.05) is 5.32 Å². The van der Waals surface area contributed by atoms with Crippen molar-refractivity contribution in [3.05, 3.63) is 76.6 Å². The van der Waals surface area contributed by atoms with Crippen LogP contribution in [0.25, 0.3) is 11.0 Å². The summed E-state index contributed by atoms with van der Waals surface area (Å²) in [4.78, 5) is 12.1. The second-order valence-electron chi connectivity index (χ2n) is 5.11. The average Bonchev–Trinajstić information content (AvgIpc) is 2.60. The van der Waals surface area contributed by atoms with Gasteiger partial charge in [-0.05, 0) is 43.4 Å². The molecule has 0 unspecified atom stereocenters. The molecular weight excluding hydrogens is 322 g/mol. The Morgan fingerprint density at radius 2 is 1.79 bits per heavy atom. The predicted molar refractivity (Wildman–Crippen MR) is 100 cm³/mol. The molecule has 0 amide bonds. The smallest absolute Gasteiger partial charge is 0.345 e. The summed E-state index contributed by atoms with van der Waals surface area (Å²) >= 11 is 5.18. The number of para-hydroxylation sites is 2. The molecule has 2 aromatic carbocycles. The van der Waals surface area contributed by atoms with Gasteiger partial charge in [-0.15, -0.1) is 0 Å². The standard InChI is InChI=1S/C18H15N3O2S/c1-12(20-21-18(24)19-14-8-3-2-4-9-14)15-11-13-7-5-6-10-16(13)23-17(15)22/h2-11H,1H3,(H2,19,21,24)/b20-12+. The van der Waals surface area contributed by atoms with E-state index in [1.54, 1.807) is 19.1 Å². The number of hydrogen-bond acceptors (Lipinski definition) is 4. The first kappa shape index (κ1) is 15.9. The third-order valence-corrected chi connectivity index (χ3v) is 3.58. The number of fused-ring (bicyclic) bond motifs is 1. The van der Waals surface area contributed by atoms with Crippen LogP contribution in [0.3, 0.4) is 0 Å². The highest BCUT2D eigenvalue weighted by atomic mass is 32.1. The van der Waals surface area contributed by atoms with Crippen molar-refractivity contribution in [2.24, 2.45) is 5.10 Å². The molecule has 0 saturated carbocycles. The van der Waals surface area contributed by atoms with Gasteiger partial charge in [0.25, 0.3) is 0 Å². The Labute approximate surface area is 144 Å².